The van der Waals surface area contributed by atoms with Gasteiger partial charge in [0, 0.05) is 18.2 Å². The van der Waals surface area contributed by atoms with Crippen LogP contribution in [0.4, 0.5) is 4.39 Å². The maximum Gasteiger partial charge on any atom is 0.221 e. The predicted molar refractivity (Wildman–Crippen MR) is 117 cm³/mol. The van der Waals surface area contributed by atoms with E-state index < -0.39 is 6.04 Å². The van der Waals surface area contributed by atoms with Gasteiger partial charge in [0.1, 0.15) is 29.0 Å². The summed E-state index contributed by atoms with van der Waals surface area (Å²) in [5, 5.41) is 4.08. The molecule has 0 aliphatic rings. The van der Waals surface area contributed by atoms with Crippen LogP contribution >= 0.6 is 0 Å². The highest BCUT2D eigenvalue weighted by atomic mass is 19.1. The van der Waals surface area contributed by atoms with Gasteiger partial charge in [-0.15, -0.1) is 0 Å². The third-order valence-electron chi connectivity index (χ3n) is 5.25. The van der Waals surface area contributed by atoms with Crippen molar-refractivity contribution in [3.05, 3.63) is 102 Å². The SMILES string of the molecule is O=C(CCc1nc2ccc(F)cc2[nH]1)NC(c1ccccc1)c1cc2ccccc2o1. The largest absolute Gasteiger partial charge is 0.459 e. The Morgan fingerprint density at radius 3 is 2.68 bits per heavy atom. The fourth-order valence-corrected chi connectivity index (χ4v) is 3.73. The van der Waals surface area contributed by atoms with Crippen LogP contribution in [0.1, 0.15) is 29.6 Å². The Labute approximate surface area is 177 Å². The number of aromatic amines is 1. The Morgan fingerprint density at radius 1 is 1.03 bits per heavy atom. The van der Waals surface area contributed by atoms with Crippen molar-refractivity contribution in [2.45, 2.75) is 18.9 Å². The van der Waals surface area contributed by atoms with Crippen LogP contribution in [0, 0.1) is 5.82 Å². The van der Waals surface area contributed by atoms with Crippen molar-refractivity contribution >= 4 is 27.9 Å². The molecule has 2 aromatic heterocycles. The lowest BCUT2D eigenvalue weighted by Crippen LogP contribution is -2.29. The molecular weight excluding hydrogens is 393 g/mol. The third-order valence-corrected chi connectivity index (χ3v) is 5.25. The molecule has 0 aliphatic heterocycles. The average molecular weight is 413 g/mol. The van der Waals surface area contributed by atoms with E-state index in [0.717, 1.165) is 16.5 Å². The van der Waals surface area contributed by atoms with Gasteiger partial charge in [-0.1, -0.05) is 48.5 Å². The molecule has 0 aliphatic carbocycles. The van der Waals surface area contributed by atoms with E-state index in [1.165, 1.54) is 12.1 Å². The molecule has 2 N–H and O–H groups in total. The van der Waals surface area contributed by atoms with E-state index in [1.807, 2.05) is 60.7 Å². The number of benzene rings is 3. The molecule has 0 spiro atoms. The van der Waals surface area contributed by atoms with Crippen molar-refractivity contribution in [2.24, 2.45) is 0 Å². The van der Waals surface area contributed by atoms with Crippen molar-refractivity contribution < 1.29 is 13.6 Å². The van der Waals surface area contributed by atoms with Gasteiger partial charge in [-0.05, 0) is 35.9 Å². The molecule has 5 aromatic rings. The second-order valence-electron chi connectivity index (χ2n) is 7.44. The van der Waals surface area contributed by atoms with Crippen LogP contribution in [0.2, 0.25) is 0 Å². The molecule has 0 saturated carbocycles. The monoisotopic (exact) mass is 413 g/mol. The van der Waals surface area contributed by atoms with Crippen LogP contribution in [0.3, 0.4) is 0 Å². The number of para-hydroxylation sites is 1. The van der Waals surface area contributed by atoms with Crippen LogP contribution in [-0.2, 0) is 11.2 Å². The van der Waals surface area contributed by atoms with Gasteiger partial charge in [0.2, 0.25) is 5.91 Å². The number of hydrogen-bond acceptors (Lipinski definition) is 3. The van der Waals surface area contributed by atoms with E-state index in [4.69, 9.17) is 4.42 Å². The molecule has 2 heterocycles. The molecule has 0 radical (unpaired) electrons. The van der Waals surface area contributed by atoms with E-state index in [1.54, 1.807) is 6.07 Å². The first kappa shape index (κ1) is 19.1. The Morgan fingerprint density at radius 2 is 1.84 bits per heavy atom. The highest BCUT2D eigenvalue weighted by Crippen LogP contribution is 2.28. The summed E-state index contributed by atoms with van der Waals surface area (Å²) in [6, 6.07) is 23.5. The molecule has 154 valence electrons. The smallest absolute Gasteiger partial charge is 0.221 e. The Kier molecular flexibility index (Phi) is 4.96. The molecule has 6 heteroatoms. The number of H-pyrrole nitrogens is 1. The number of nitrogens with zero attached hydrogens (tertiary/aromatic N) is 1. The number of carbonyl (C=O) groups is 1. The molecule has 31 heavy (non-hydrogen) atoms. The minimum atomic E-state index is -0.397. The highest BCUT2D eigenvalue weighted by Gasteiger charge is 2.21. The number of amides is 1. The van der Waals surface area contributed by atoms with Crippen molar-refractivity contribution in [2.75, 3.05) is 0 Å². The van der Waals surface area contributed by atoms with Crippen molar-refractivity contribution in [1.82, 2.24) is 15.3 Å². The summed E-state index contributed by atoms with van der Waals surface area (Å²) >= 11 is 0. The maximum absolute atomic E-state index is 13.4. The predicted octanol–water partition coefficient (Wildman–Crippen LogP) is 5.29. The number of rotatable bonds is 6. The lowest BCUT2D eigenvalue weighted by atomic mass is 10.0. The molecule has 5 nitrogen and oxygen atoms in total. The number of aryl methyl sites for hydroxylation is 1. The quantitative estimate of drug-likeness (QED) is 0.398. The van der Waals surface area contributed by atoms with Crippen LogP contribution in [0.5, 0.6) is 0 Å². The number of furan rings is 1. The molecule has 0 saturated heterocycles. The number of imidazole rings is 1. The zero-order valence-electron chi connectivity index (χ0n) is 16.6. The first-order valence-electron chi connectivity index (χ1n) is 10.1. The van der Waals surface area contributed by atoms with Crippen molar-refractivity contribution in [3.8, 4) is 0 Å². The number of fused-ring (bicyclic) bond motifs is 2. The van der Waals surface area contributed by atoms with E-state index in [2.05, 4.69) is 15.3 Å². The molecule has 0 bridgehead atoms. The van der Waals surface area contributed by atoms with E-state index in [0.29, 0.717) is 29.0 Å². The van der Waals surface area contributed by atoms with Gasteiger partial charge in [-0.2, -0.15) is 0 Å². The van der Waals surface area contributed by atoms with Gasteiger partial charge in [0.05, 0.1) is 11.0 Å². The minimum Gasteiger partial charge on any atom is -0.459 e. The number of aromatic nitrogens is 2. The first-order chi connectivity index (χ1) is 15.2. The minimum absolute atomic E-state index is 0.124. The number of hydrogen-bond donors (Lipinski definition) is 2. The lowest BCUT2D eigenvalue weighted by molar-refractivity contribution is -0.121. The summed E-state index contributed by atoms with van der Waals surface area (Å²) in [5.74, 6) is 0.883. The van der Waals surface area contributed by atoms with Crippen LogP contribution in [0.25, 0.3) is 22.0 Å². The van der Waals surface area contributed by atoms with Crippen LogP contribution in [-0.4, -0.2) is 15.9 Å². The number of carbonyl (C=O) groups excluding carboxylic acids is 1. The van der Waals surface area contributed by atoms with Crippen molar-refractivity contribution in [3.63, 3.8) is 0 Å². The van der Waals surface area contributed by atoms with Gasteiger partial charge >= 0.3 is 0 Å². The maximum atomic E-state index is 13.4. The molecular formula is C25H20FN3O2. The summed E-state index contributed by atoms with van der Waals surface area (Å²) in [7, 11) is 0. The van der Waals surface area contributed by atoms with Crippen molar-refractivity contribution in [1.29, 1.82) is 0 Å². The summed E-state index contributed by atoms with van der Waals surface area (Å²) in [5.41, 5.74) is 3.03. The molecule has 3 aromatic carbocycles. The second-order valence-corrected chi connectivity index (χ2v) is 7.44. The molecule has 0 fully saturated rings. The second kappa shape index (κ2) is 8.07. The van der Waals surface area contributed by atoms with E-state index in [-0.39, 0.29) is 18.1 Å². The Hall–Kier alpha value is -3.93. The van der Waals surface area contributed by atoms with Gasteiger partial charge in [-0.25, -0.2) is 9.37 Å². The van der Waals surface area contributed by atoms with Gasteiger partial charge in [0.25, 0.3) is 0 Å². The van der Waals surface area contributed by atoms with Gasteiger partial charge in [0.15, 0.2) is 0 Å². The highest BCUT2D eigenvalue weighted by molar-refractivity contribution is 5.80. The molecule has 1 atom stereocenters. The molecule has 1 unspecified atom stereocenters. The summed E-state index contributed by atoms with van der Waals surface area (Å²) in [4.78, 5) is 20.3. The lowest BCUT2D eigenvalue weighted by Gasteiger charge is -2.17. The Balaban J connectivity index is 1.35. The molecule has 1 amide bonds. The molecule has 5 rings (SSSR count). The normalized spacial score (nSPS) is 12.3. The summed E-state index contributed by atoms with van der Waals surface area (Å²) in [6.45, 7) is 0. The Bertz CT molecular complexity index is 1320. The topological polar surface area (TPSA) is 70.9 Å². The van der Waals surface area contributed by atoms with E-state index >= 15 is 0 Å². The standard InChI is InChI=1S/C25H20FN3O2/c26-18-10-11-19-20(15-18)28-23(27-19)12-13-24(30)29-25(16-6-2-1-3-7-16)22-14-17-8-4-5-9-21(17)31-22/h1-11,14-15,25H,12-13H2,(H,27,28)(H,29,30). The summed E-state index contributed by atoms with van der Waals surface area (Å²) in [6.07, 6.45) is 0.662. The third kappa shape index (κ3) is 4.05. The average Bonchev–Trinajstić information content (AvgIpc) is 3.40. The number of nitrogens with one attached hydrogen (secondary N) is 2. The zero-order chi connectivity index (χ0) is 21.2. The van der Waals surface area contributed by atoms with E-state index in [9.17, 15) is 9.18 Å². The van der Waals surface area contributed by atoms with Gasteiger partial charge < -0.3 is 14.7 Å². The first-order valence-corrected chi connectivity index (χ1v) is 10.1. The van der Waals surface area contributed by atoms with Gasteiger partial charge in [-0.3, -0.25) is 4.79 Å². The fourth-order valence-electron chi connectivity index (χ4n) is 3.73. The van der Waals surface area contributed by atoms with Crippen LogP contribution in [0.15, 0.2) is 83.3 Å². The fraction of sp³-hybridized carbons (Fsp3) is 0.120. The number of halogens is 1. The van der Waals surface area contributed by atoms with Crippen LogP contribution < -0.4 is 5.32 Å². The summed E-state index contributed by atoms with van der Waals surface area (Å²) < 4.78 is 19.4. The zero-order valence-corrected chi connectivity index (χ0v) is 16.6.